The Kier molecular flexibility index (Phi) is 3.33. The third-order valence-electron chi connectivity index (χ3n) is 3.03. The second-order valence-corrected chi connectivity index (χ2v) is 4.74. The van der Waals surface area contributed by atoms with Gasteiger partial charge in [-0.25, -0.2) is 14.8 Å². The molecule has 2 rings (SSSR count). The largest absolute Gasteiger partial charge is 0.462 e. The summed E-state index contributed by atoms with van der Waals surface area (Å²) in [5, 5.41) is 0. The number of esters is 1. The summed E-state index contributed by atoms with van der Waals surface area (Å²) < 4.78 is 4.93. The van der Waals surface area contributed by atoms with Gasteiger partial charge in [-0.3, -0.25) is 0 Å². The van der Waals surface area contributed by atoms with E-state index in [0.717, 1.165) is 18.7 Å². The molecule has 0 atom stereocenters. The van der Waals surface area contributed by atoms with E-state index in [9.17, 15) is 4.79 Å². The Labute approximate surface area is 105 Å². The lowest BCUT2D eigenvalue weighted by Crippen LogP contribution is -2.14. The van der Waals surface area contributed by atoms with Crippen LogP contribution in [0.3, 0.4) is 0 Å². The smallest absolute Gasteiger partial charge is 0.341 e. The van der Waals surface area contributed by atoms with Gasteiger partial charge in [0.05, 0.1) is 18.2 Å². The lowest BCUT2D eigenvalue weighted by molar-refractivity contribution is 0.0524. The molecule has 0 aliphatic heterocycles. The number of aromatic nitrogens is 2. The Balaban J connectivity index is 2.31. The number of ether oxygens (including phenoxy) is 1. The van der Waals surface area contributed by atoms with Gasteiger partial charge in [-0.1, -0.05) is 6.92 Å². The van der Waals surface area contributed by atoms with Crippen LogP contribution >= 0.6 is 11.6 Å². The van der Waals surface area contributed by atoms with Crippen molar-refractivity contribution in [2.75, 3.05) is 6.61 Å². The van der Waals surface area contributed by atoms with Crippen molar-refractivity contribution in [2.45, 2.75) is 38.0 Å². The molecular formula is C12H15ClN2O2. The summed E-state index contributed by atoms with van der Waals surface area (Å²) in [4.78, 5) is 20.3. The topological polar surface area (TPSA) is 52.1 Å². The molecule has 0 N–H and O–H groups in total. The molecule has 0 spiro atoms. The molecule has 0 bridgehead atoms. The van der Waals surface area contributed by atoms with E-state index in [2.05, 4.69) is 16.9 Å². The molecule has 5 heteroatoms. The highest BCUT2D eigenvalue weighted by Crippen LogP contribution is 2.45. The van der Waals surface area contributed by atoms with E-state index in [0.29, 0.717) is 17.9 Å². The third-order valence-corrected chi connectivity index (χ3v) is 3.28. The Morgan fingerprint density at radius 1 is 1.59 bits per heavy atom. The van der Waals surface area contributed by atoms with Gasteiger partial charge in [0.2, 0.25) is 0 Å². The fourth-order valence-electron chi connectivity index (χ4n) is 1.60. The Morgan fingerprint density at radius 3 is 2.82 bits per heavy atom. The highest BCUT2D eigenvalue weighted by Gasteiger charge is 2.42. The third kappa shape index (κ3) is 2.41. The fourth-order valence-corrected chi connectivity index (χ4v) is 1.80. The standard InChI is InChI=1S/C12H15ClN2O2/c1-3-17-10(16)8-7-14-11(12(2)4-5-12)15-9(8)6-13/h7H,3-6H2,1-2H3. The van der Waals surface area contributed by atoms with E-state index in [4.69, 9.17) is 16.3 Å². The van der Waals surface area contributed by atoms with Crippen molar-refractivity contribution in [1.82, 2.24) is 9.97 Å². The zero-order valence-corrected chi connectivity index (χ0v) is 10.8. The van der Waals surface area contributed by atoms with Crippen LogP contribution < -0.4 is 0 Å². The number of halogens is 1. The highest BCUT2D eigenvalue weighted by molar-refractivity contribution is 6.17. The summed E-state index contributed by atoms with van der Waals surface area (Å²) >= 11 is 5.82. The number of rotatable bonds is 4. The van der Waals surface area contributed by atoms with Gasteiger partial charge in [0.15, 0.2) is 0 Å². The zero-order chi connectivity index (χ0) is 12.5. The van der Waals surface area contributed by atoms with Gasteiger partial charge in [-0.05, 0) is 19.8 Å². The molecular weight excluding hydrogens is 240 g/mol. The highest BCUT2D eigenvalue weighted by atomic mass is 35.5. The van der Waals surface area contributed by atoms with E-state index in [1.165, 1.54) is 6.20 Å². The first-order valence-electron chi connectivity index (χ1n) is 5.70. The van der Waals surface area contributed by atoms with Gasteiger partial charge in [0, 0.05) is 11.6 Å². The van der Waals surface area contributed by atoms with E-state index < -0.39 is 5.97 Å². The number of alkyl halides is 1. The second kappa shape index (κ2) is 4.61. The minimum absolute atomic E-state index is 0.0774. The van der Waals surface area contributed by atoms with Crippen molar-refractivity contribution in [2.24, 2.45) is 0 Å². The molecule has 1 fully saturated rings. The molecule has 0 unspecified atom stereocenters. The van der Waals surface area contributed by atoms with Crippen molar-refractivity contribution in [1.29, 1.82) is 0 Å². The molecule has 1 aromatic heterocycles. The lowest BCUT2D eigenvalue weighted by atomic mass is 10.1. The van der Waals surface area contributed by atoms with E-state index in [1.807, 2.05) is 0 Å². The van der Waals surface area contributed by atoms with Gasteiger partial charge in [0.25, 0.3) is 0 Å². The van der Waals surface area contributed by atoms with Crippen LogP contribution in [0, 0.1) is 0 Å². The van der Waals surface area contributed by atoms with Crippen LogP contribution in [0.5, 0.6) is 0 Å². The van der Waals surface area contributed by atoms with Crippen LogP contribution in [0.4, 0.5) is 0 Å². The maximum absolute atomic E-state index is 11.6. The normalized spacial score (nSPS) is 16.6. The molecule has 1 aromatic rings. The molecule has 1 aliphatic carbocycles. The fraction of sp³-hybridized carbons (Fsp3) is 0.583. The van der Waals surface area contributed by atoms with Gasteiger partial charge in [0.1, 0.15) is 11.4 Å². The Bertz CT molecular complexity index is 444. The molecule has 92 valence electrons. The van der Waals surface area contributed by atoms with Crippen molar-refractivity contribution < 1.29 is 9.53 Å². The van der Waals surface area contributed by atoms with Crippen molar-refractivity contribution in [3.63, 3.8) is 0 Å². The molecule has 1 saturated carbocycles. The molecule has 1 heterocycles. The monoisotopic (exact) mass is 254 g/mol. The summed E-state index contributed by atoms with van der Waals surface area (Å²) in [6, 6.07) is 0. The van der Waals surface area contributed by atoms with Crippen molar-refractivity contribution in [3.05, 3.63) is 23.3 Å². The van der Waals surface area contributed by atoms with Crippen LogP contribution in [-0.2, 0) is 16.0 Å². The van der Waals surface area contributed by atoms with E-state index in [1.54, 1.807) is 6.92 Å². The van der Waals surface area contributed by atoms with Crippen LogP contribution in [0.25, 0.3) is 0 Å². The van der Waals surface area contributed by atoms with Gasteiger partial charge >= 0.3 is 5.97 Å². The van der Waals surface area contributed by atoms with Crippen LogP contribution in [0.15, 0.2) is 6.20 Å². The number of nitrogens with zero attached hydrogens (tertiary/aromatic N) is 2. The molecule has 17 heavy (non-hydrogen) atoms. The molecule has 4 nitrogen and oxygen atoms in total. The second-order valence-electron chi connectivity index (χ2n) is 4.47. The molecule has 0 saturated heterocycles. The number of carbonyl (C=O) groups excluding carboxylic acids is 1. The van der Waals surface area contributed by atoms with Gasteiger partial charge in [-0.2, -0.15) is 0 Å². The van der Waals surface area contributed by atoms with Crippen LogP contribution in [0.2, 0.25) is 0 Å². The minimum Gasteiger partial charge on any atom is -0.462 e. The van der Waals surface area contributed by atoms with Gasteiger partial charge < -0.3 is 4.74 Å². The summed E-state index contributed by atoms with van der Waals surface area (Å²) in [7, 11) is 0. The average Bonchev–Trinajstić information content (AvgIpc) is 3.08. The molecule has 0 radical (unpaired) electrons. The van der Waals surface area contributed by atoms with Crippen LogP contribution in [-0.4, -0.2) is 22.5 Å². The first-order chi connectivity index (χ1) is 8.10. The summed E-state index contributed by atoms with van der Waals surface area (Å²) in [6.45, 7) is 4.21. The molecule has 1 aliphatic rings. The van der Waals surface area contributed by atoms with E-state index >= 15 is 0 Å². The lowest BCUT2D eigenvalue weighted by Gasteiger charge is -2.10. The Morgan fingerprint density at radius 2 is 2.29 bits per heavy atom. The zero-order valence-electron chi connectivity index (χ0n) is 9.99. The first kappa shape index (κ1) is 12.3. The summed E-state index contributed by atoms with van der Waals surface area (Å²) in [6.07, 6.45) is 3.71. The molecule has 0 amide bonds. The quantitative estimate of drug-likeness (QED) is 0.612. The maximum atomic E-state index is 11.6. The SMILES string of the molecule is CCOC(=O)c1cnc(C2(C)CC2)nc1CCl. The first-order valence-corrected chi connectivity index (χ1v) is 6.23. The predicted molar refractivity (Wildman–Crippen MR) is 64.1 cm³/mol. The predicted octanol–water partition coefficient (Wildman–Crippen LogP) is 2.44. The molecule has 0 aromatic carbocycles. The van der Waals surface area contributed by atoms with E-state index in [-0.39, 0.29) is 11.3 Å². The minimum atomic E-state index is -0.407. The maximum Gasteiger partial charge on any atom is 0.341 e. The van der Waals surface area contributed by atoms with Gasteiger partial charge in [-0.15, -0.1) is 11.6 Å². The summed E-state index contributed by atoms with van der Waals surface area (Å²) in [5.74, 6) is 0.566. The van der Waals surface area contributed by atoms with Crippen LogP contribution in [0.1, 0.15) is 48.6 Å². The average molecular weight is 255 g/mol. The van der Waals surface area contributed by atoms with Crippen molar-refractivity contribution >= 4 is 17.6 Å². The number of hydrogen-bond acceptors (Lipinski definition) is 4. The number of hydrogen-bond donors (Lipinski definition) is 0. The van der Waals surface area contributed by atoms with Crippen molar-refractivity contribution in [3.8, 4) is 0 Å². The number of carbonyl (C=O) groups is 1. The summed E-state index contributed by atoms with van der Waals surface area (Å²) in [5.41, 5.74) is 1.01. The Hall–Kier alpha value is -1.16.